The average molecular weight is 360 g/mol. The normalized spacial score (nSPS) is 16.2. The molecule has 0 unspecified atom stereocenters. The molecule has 114 valence electrons. The Morgan fingerprint density at radius 3 is 2.41 bits per heavy atom. The van der Waals surface area contributed by atoms with E-state index in [2.05, 4.69) is 0 Å². The van der Waals surface area contributed by atoms with Gasteiger partial charge in [-0.3, -0.25) is 0 Å². The Morgan fingerprint density at radius 2 is 1.73 bits per heavy atom. The van der Waals surface area contributed by atoms with Gasteiger partial charge in [-0.2, -0.15) is 0 Å². The largest absolute Gasteiger partial charge is 0.485 e. The standard InChI is InChI=1S/C15H9Cl3O4/c16-8-5-9(17)14(10(18)6-8)22-15(19)13-7-20-11-3-1-2-4-12(11)21-13/h1-6,13H,7H2/t13-/m1/s1. The van der Waals surface area contributed by atoms with Crippen LogP contribution in [0, 0.1) is 0 Å². The first-order valence-corrected chi connectivity index (χ1v) is 7.42. The topological polar surface area (TPSA) is 44.8 Å². The molecule has 2 aromatic carbocycles. The number of halogens is 3. The number of fused-ring (bicyclic) bond motifs is 1. The molecule has 1 aliphatic heterocycles. The third-order valence-corrected chi connectivity index (χ3v) is 3.72. The number of carbonyl (C=O) groups excluding carboxylic acids is 1. The first-order chi connectivity index (χ1) is 10.5. The van der Waals surface area contributed by atoms with Crippen molar-refractivity contribution in [3.8, 4) is 17.2 Å². The highest BCUT2D eigenvalue weighted by Crippen LogP contribution is 2.37. The van der Waals surface area contributed by atoms with Gasteiger partial charge in [-0.25, -0.2) is 4.79 Å². The van der Waals surface area contributed by atoms with Crippen LogP contribution in [0.4, 0.5) is 0 Å². The van der Waals surface area contributed by atoms with Gasteiger partial charge in [-0.05, 0) is 24.3 Å². The molecule has 0 spiro atoms. The summed E-state index contributed by atoms with van der Waals surface area (Å²) in [5, 5.41) is 0.631. The number of hydrogen-bond acceptors (Lipinski definition) is 4. The van der Waals surface area contributed by atoms with Gasteiger partial charge in [0.25, 0.3) is 0 Å². The minimum absolute atomic E-state index is 0.0404. The molecule has 0 fully saturated rings. The highest BCUT2D eigenvalue weighted by molar-refractivity contribution is 6.40. The van der Waals surface area contributed by atoms with Crippen molar-refractivity contribution >= 4 is 40.8 Å². The lowest BCUT2D eigenvalue weighted by Crippen LogP contribution is -2.39. The second kappa shape index (κ2) is 6.24. The van der Waals surface area contributed by atoms with Crippen molar-refractivity contribution in [1.29, 1.82) is 0 Å². The van der Waals surface area contributed by atoms with Gasteiger partial charge in [0, 0.05) is 5.02 Å². The first kappa shape index (κ1) is 15.3. The molecule has 1 heterocycles. The van der Waals surface area contributed by atoms with E-state index in [1.165, 1.54) is 12.1 Å². The summed E-state index contributed by atoms with van der Waals surface area (Å²) in [5.41, 5.74) is 0. The van der Waals surface area contributed by atoms with Crippen LogP contribution in [0.1, 0.15) is 0 Å². The molecule has 0 radical (unpaired) electrons. The Labute approximate surface area is 141 Å². The number of para-hydroxylation sites is 2. The number of rotatable bonds is 2. The molecule has 0 bridgehead atoms. The molecule has 0 saturated heterocycles. The van der Waals surface area contributed by atoms with E-state index >= 15 is 0 Å². The molecule has 22 heavy (non-hydrogen) atoms. The Kier molecular flexibility index (Phi) is 4.34. The fraction of sp³-hybridized carbons (Fsp3) is 0.133. The van der Waals surface area contributed by atoms with E-state index in [-0.39, 0.29) is 22.4 Å². The van der Waals surface area contributed by atoms with Crippen LogP contribution in [0.25, 0.3) is 0 Å². The first-order valence-electron chi connectivity index (χ1n) is 6.29. The minimum atomic E-state index is -0.905. The van der Waals surface area contributed by atoms with Crippen LogP contribution in [0.2, 0.25) is 15.1 Å². The SMILES string of the molecule is O=C(Oc1c(Cl)cc(Cl)cc1Cl)[C@H]1COc2ccccc2O1. The highest BCUT2D eigenvalue weighted by Gasteiger charge is 2.30. The summed E-state index contributed by atoms with van der Waals surface area (Å²) in [6, 6.07) is 9.92. The zero-order valence-corrected chi connectivity index (χ0v) is 13.3. The van der Waals surface area contributed by atoms with Gasteiger partial charge in [0.1, 0.15) is 6.61 Å². The van der Waals surface area contributed by atoms with E-state index in [9.17, 15) is 4.79 Å². The van der Waals surface area contributed by atoms with Crippen molar-refractivity contribution in [2.24, 2.45) is 0 Å². The van der Waals surface area contributed by atoms with Gasteiger partial charge in [0.15, 0.2) is 17.2 Å². The van der Waals surface area contributed by atoms with Crippen LogP contribution < -0.4 is 14.2 Å². The summed E-state index contributed by atoms with van der Waals surface area (Å²) in [6.07, 6.45) is -0.905. The summed E-state index contributed by atoms with van der Waals surface area (Å²) in [4.78, 5) is 12.2. The number of hydrogen-bond donors (Lipinski definition) is 0. The molecule has 4 nitrogen and oxygen atoms in total. The Balaban J connectivity index is 1.77. The van der Waals surface area contributed by atoms with Crippen molar-refractivity contribution in [2.75, 3.05) is 6.61 Å². The van der Waals surface area contributed by atoms with E-state index < -0.39 is 12.1 Å². The van der Waals surface area contributed by atoms with Crippen LogP contribution in [-0.2, 0) is 4.79 Å². The predicted molar refractivity (Wildman–Crippen MR) is 83.5 cm³/mol. The maximum absolute atomic E-state index is 12.2. The lowest BCUT2D eigenvalue weighted by atomic mass is 10.2. The molecule has 0 aliphatic carbocycles. The number of esters is 1. The Hall–Kier alpha value is -1.62. The molecule has 0 N–H and O–H groups in total. The van der Waals surface area contributed by atoms with E-state index in [0.717, 1.165) is 0 Å². The molecular formula is C15H9Cl3O4. The van der Waals surface area contributed by atoms with Crippen LogP contribution in [0.15, 0.2) is 36.4 Å². The molecule has 0 aromatic heterocycles. The maximum atomic E-state index is 12.2. The molecule has 0 saturated carbocycles. The monoisotopic (exact) mass is 358 g/mol. The fourth-order valence-electron chi connectivity index (χ4n) is 1.93. The van der Waals surface area contributed by atoms with E-state index in [1.807, 2.05) is 6.07 Å². The fourth-order valence-corrected chi connectivity index (χ4v) is 2.82. The molecule has 1 atom stereocenters. The highest BCUT2D eigenvalue weighted by atomic mass is 35.5. The molecule has 3 rings (SSSR count). The van der Waals surface area contributed by atoms with Crippen molar-refractivity contribution in [2.45, 2.75) is 6.10 Å². The quantitative estimate of drug-likeness (QED) is 0.589. The van der Waals surface area contributed by atoms with Gasteiger partial charge in [-0.1, -0.05) is 46.9 Å². The summed E-state index contributed by atoms with van der Waals surface area (Å²) in [6.45, 7) is 0.0404. The molecule has 7 heteroatoms. The average Bonchev–Trinajstić information content (AvgIpc) is 2.50. The third-order valence-electron chi connectivity index (χ3n) is 2.94. The second-order valence-electron chi connectivity index (χ2n) is 4.48. The predicted octanol–water partition coefficient (Wildman–Crippen LogP) is 4.39. The van der Waals surface area contributed by atoms with Gasteiger partial charge in [0.05, 0.1) is 10.0 Å². The van der Waals surface area contributed by atoms with Gasteiger partial charge >= 0.3 is 5.97 Å². The van der Waals surface area contributed by atoms with Crippen LogP contribution in [0.3, 0.4) is 0 Å². The summed E-state index contributed by atoms with van der Waals surface area (Å²) in [5.74, 6) is 0.443. The lowest BCUT2D eigenvalue weighted by molar-refractivity contribution is -0.144. The number of carbonyl (C=O) groups is 1. The Bertz CT molecular complexity index is 709. The molecular weight excluding hydrogens is 351 g/mol. The number of ether oxygens (including phenoxy) is 3. The summed E-state index contributed by atoms with van der Waals surface area (Å²) in [7, 11) is 0. The van der Waals surface area contributed by atoms with E-state index in [4.69, 9.17) is 49.0 Å². The minimum Gasteiger partial charge on any atom is -0.485 e. The maximum Gasteiger partial charge on any atom is 0.356 e. The van der Waals surface area contributed by atoms with Gasteiger partial charge < -0.3 is 14.2 Å². The number of benzene rings is 2. The van der Waals surface area contributed by atoms with Crippen molar-refractivity contribution in [1.82, 2.24) is 0 Å². The second-order valence-corrected chi connectivity index (χ2v) is 5.73. The van der Waals surface area contributed by atoms with E-state index in [1.54, 1.807) is 18.2 Å². The summed E-state index contributed by atoms with van der Waals surface area (Å²) < 4.78 is 16.2. The smallest absolute Gasteiger partial charge is 0.356 e. The molecule has 1 aliphatic rings. The zero-order chi connectivity index (χ0) is 15.7. The van der Waals surface area contributed by atoms with Crippen molar-refractivity contribution in [3.63, 3.8) is 0 Å². The Morgan fingerprint density at radius 1 is 1.09 bits per heavy atom. The lowest BCUT2D eigenvalue weighted by Gasteiger charge is -2.25. The van der Waals surface area contributed by atoms with E-state index in [0.29, 0.717) is 16.5 Å². The van der Waals surface area contributed by atoms with Crippen LogP contribution >= 0.6 is 34.8 Å². The van der Waals surface area contributed by atoms with Crippen LogP contribution in [-0.4, -0.2) is 18.7 Å². The van der Waals surface area contributed by atoms with Gasteiger partial charge in [-0.15, -0.1) is 0 Å². The third kappa shape index (κ3) is 3.09. The molecule has 2 aromatic rings. The molecule has 0 amide bonds. The van der Waals surface area contributed by atoms with Crippen LogP contribution in [0.5, 0.6) is 17.2 Å². The van der Waals surface area contributed by atoms with Gasteiger partial charge in [0.2, 0.25) is 6.10 Å². The van der Waals surface area contributed by atoms with Crippen molar-refractivity contribution < 1.29 is 19.0 Å². The van der Waals surface area contributed by atoms with Crippen molar-refractivity contribution in [3.05, 3.63) is 51.5 Å². The summed E-state index contributed by atoms with van der Waals surface area (Å²) >= 11 is 17.8. The zero-order valence-electron chi connectivity index (χ0n) is 11.0.